The quantitative estimate of drug-likeness (QED) is 0.466. The molecule has 2 aromatic heterocycles. The van der Waals surface area contributed by atoms with Gasteiger partial charge in [-0.05, 0) is 30.2 Å². The second kappa shape index (κ2) is 8.55. The number of nitrogens with zero attached hydrogens (tertiary/aromatic N) is 3. The molecule has 0 spiro atoms. The Balaban J connectivity index is 1.62. The average Bonchev–Trinajstić information content (AvgIpc) is 3.20. The van der Waals surface area contributed by atoms with Crippen molar-refractivity contribution in [2.45, 2.75) is 19.3 Å². The first-order chi connectivity index (χ1) is 14.6. The molecule has 1 amide bonds. The molecule has 0 unspecified atom stereocenters. The highest BCUT2D eigenvalue weighted by molar-refractivity contribution is 6.33. The van der Waals surface area contributed by atoms with Crippen molar-refractivity contribution in [2.24, 2.45) is 0 Å². The Morgan fingerprint density at radius 3 is 2.70 bits per heavy atom. The number of rotatable bonds is 6. The van der Waals surface area contributed by atoms with Gasteiger partial charge in [0, 0.05) is 11.6 Å². The molecule has 0 fully saturated rings. The number of carbonyl (C=O) groups excluding carboxylic acids is 1. The average molecular weight is 421 g/mol. The number of hydrogen-bond acceptors (Lipinski definition) is 4. The molecule has 152 valence electrons. The highest BCUT2D eigenvalue weighted by Crippen LogP contribution is 2.30. The Labute approximate surface area is 179 Å². The minimum absolute atomic E-state index is 0.0934. The van der Waals surface area contributed by atoms with Crippen LogP contribution >= 0.6 is 11.6 Å². The van der Waals surface area contributed by atoms with Crippen molar-refractivity contribution in [3.8, 4) is 17.1 Å². The summed E-state index contributed by atoms with van der Waals surface area (Å²) in [7, 11) is 1.57. The fourth-order valence-corrected chi connectivity index (χ4v) is 3.54. The van der Waals surface area contributed by atoms with Crippen LogP contribution in [0, 0.1) is 0 Å². The van der Waals surface area contributed by atoms with Crippen LogP contribution in [-0.2, 0) is 4.79 Å². The van der Waals surface area contributed by atoms with Crippen LogP contribution in [0.4, 0.5) is 5.69 Å². The number of anilines is 1. The van der Waals surface area contributed by atoms with E-state index in [1.807, 2.05) is 61.7 Å². The first-order valence-corrected chi connectivity index (χ1v) is 10.0. The van der Waals surface area contributed by atoms with Crippen molar-refractivity contribution in [1.29, 1.82) is 0 Å². The normalized spacial score (nSPS) is 12.0. The second-order valence-electron chi connectivity index (χ2n) is 6.86. The third kappa shape index (κ3) is 4.00. The van der Waals surface area contributed by atoms with E-state index in [0.29, 0.717) is 28.7 Å². The molecule has 0 aliphatic rings. The van der Waals surface area contributed by atoms with E-state index >= 15 is 0 Å². The number of carbonyl (C=O) groups is 1. The van der Waals surface area contributed by atoms with Crippen LogP contribution in [-0.4, -0.2) is 27.6 Å². The zero-order valence-electron chi connectivity index (χ0n) is 16.7. The number of ether oxygens (including phenoxy) is 1. The number of amides is 1. The first kappa shape index (κ1) is 19.9. The van der Waals surface area contributed by atoms with Gasteiger partial charge in [0.1, 0.15) is 0 Å². The molecule has 2 heterocycles. The van der Waals surface area contributed by atoms with E-state index in [2.05, 4.69) is 15.4 Å². The van der Waals surface area contributed by atoms with Gasteiger partial charge in [0.15, 0.2) is 5.65 Å². The zero-order valence-corrected chi connectivity index (χ0v) is 17.4. The van der Waals surface area contributed by atoms with E-state index in [9.17, 15) is 4.79 Å². The molecule has 0 radical (unpaired) electrons. The number of aromatic nitrogens is 3. The van der Waals surface area contributed by atoms with Crippen LogP contribution in [0.15, 0.2) is 66.9 Å². The molecule has 1 N–H and O–H groups in total. The number of imidazole rings is 1. The van der Waals surface area contributed by atoms with Crippen molar-refractivity contribution in [3.05, 3.63) is 77.4 Å². The maximum atomic E-state index is 12.9. The molecule has 0 saturated heterocycles. The Morgan fingerprint density at radius 1 is 1.17 bits per heavy atom. The molecule has 30 heavy (non-hydrogen) atoms. The molecule has 0 aliphatic carbocycles. The molecular weight excluding hydrogens is 400 g/mol. The van der Waals surface area contributed by atoms with E-state index in [0.717, 1.165) is 16.8 Å². The van der Waals surface area contributed by atoms with Gasteiger partial charge >= 0.3 is 0 Å². The van der Waals surface area contributed by atoms with Crippen molar-refractivity contribution in [1.82, 2.24) is 14.6 Å². The number of methoxy groups -OCH3 is 1. The largest absolute Gasteiger partial charge is 0.480 e. The van der Waals surface area contributed by atoms with Crippen LogP contribution in [0.1, 0.15) is 24.8 Å². The van der Waals surface area contributed by atoms with Crippen LogP contribution in [0.3, 0.4) is 0 Å². The van der Waals surface area contributed by atoms with Crippen LogP contribution in [0.5, 0.6) is 5.88 Å². The lowest BCUT2D eigenvalue weighted by atomic mass is 9.95. The van der Waals surface area contributed by atoms with Gasteiger partial charge in [0.2, 0.25) is 11.8 Å². The van der Waals surface area contributed by atoms with Crippen molar-refractivity contribution in [2.75, 3.05) is 12.4 Å². The fourth-order valence-electron chi connectivity index (χ4n) is 3.37. The van der Waals surface area contributed by atoms with E-state index in [1.165, 1.54) is 0 Å². The van der Waals surface area contributed by atoms with E-state index in [-0.39, 0.29) is 11.8 Å². The summed E-state index contributed by atoms with van der Waals surface area (Å²) in [4.78, 5) is 17.5. The molecular formula is C23H21ClN4O2. The monoisotopic (exact) mass is 420 g/mol. The van der Waals surface area contributed by atoms with E-state index in [1.54, 1.807) is 23.8 Å². The van der Waals surface area contributed by atoms with Gasteiger partial charge in [-0.1, -0.05) is 54.9 Å². The Kier molecular flexibility index (Phi) is 5.68. The molecule has 7 heteroatoms. The first-order valence-electron chi connectivity index (χ1n) is 9.65. The van der Waals surface area contributed by atoms with Crippen molar-refractivity contribution in [3.63, 3.8) is 0 Å². The highest BCUT2D eigenvalue weighted by Gasteiger charge is 2.20. The summed E-state index contributed by atoms with van der Waals surface area (Å²) >= 11 is 6.37. The van der Waals surface area contributed by atoms with Crippen molar-refractivity contribution < 1.29 is 9.53 Å². The Hall–Kier alpha value is -3.38. The van der Waals surface area contributed by atoms with Gasteiger partial charge < -0.3 is 10.1 Å². The lowest BCUT2D eigenvalue weighted by molar-refractivity contribution is -0.117. The molecule has 6 nitrogen and oxygen atoms in total. The van der Waals surface area contributed by atoms with Gasteiger partial charge in [-0.15, -0.1) is 5.10 Å². The van der Waals surface area contributed by atoms with Crippen LogP contribution in [0.25, 0.3) is 16.9 Å². The highest BCUT2D eigenvalue weighted by atomic mass is 35.5. The summed E-state index contributed by atoms with van der Waals surface area (Å²) in [5.74, 6) is 0.156. The summed E-state index contributed by atoms with van der Waals surface area (Å²) in [6, 6.07) is 18.8. The number of benzene rings is 2. The summed E-state index contributed by atoms with van der Waals surface area (Å²) in [6.45, 7) is 1.99. The molecule has 4 aromatic rings. The van der Waals surface area contributed by atoms with Gasteiger partial charge in [-0.3, -0.25) is 4.79 Å². The predicted molar refractivity (Wildman–Crippen MR) is 118 cm³/mol. The number of nitrogens with one attached hydrogen (secondary N) is 1. The second-order valence-corrected chi connectivity index (χ2v) is 7.27. The van der Waals surface area contributed by atoms with Crippen molar-refractivity contribution >= 4 is 28.8 Å². The fraction of sp³-hybridized carbons (Fsp3) is 0.174. The SMILES string of the molecule is CC[C@H](C(=O)Nc1cc(-c2cn3nc(OC)ccc3n2)ccc1Cl)c1ccccc1. The summed E-state index contributed by atoms with van der Waals surface area (Å²) < 4.78 is 6.82. The lowest BCUT2D eigenvalue weighted by Gasteiger charge is -2.16. The van der Waals surface area contributed by atoms with E-state index < -0.39 is 0 Å². The standard InChI is InChI=1S/C23H21ClN4O2/c1-3-17(15-7-5-4-6-8-15)23(29)26-19-13-16(9-10-18(19)24)20-14-28-21(25-20)11-12-22(27-28)30-2/h4-14,17H,3H2,1-2H3,(H,26,29)/t17-/m0/s1. The Morgan fingerprint density at radius 2 is 1.97 bits per heavy atom. The molecule has 1 atom stereocenters. The molecule has 4 rings (SSSR count). The predicted octanol–water partition coefficient (Wildman–Crippen LogP) is 5.19. The molecule has 2 aromatic carbocycles. The lowest BCUT2D eigenvalue weighted by Crippen LogP contribution is -2.20. The number of fused-ring (bicyclic) bond motifs is 1. The minimum atomic E-state index is -0.252. The summed E-state index contributed by atoms with van der Waals surface area (Å²) in [5, 5.41) is 7.78. The molecule has 0 aliphatic heterocycles. The summed E-state index contributed by atoms with van der Waals surface area (Å²) in [6.07, 6.45) is 2.50. The summed E-state index contributed by atoms with van der Waals surface area (Å²) in [5.41, 5.74) is 3.77. The van der Waals surface area contributed by atoms with E-state index in [4.69, 9.17) is 16.3 Å². The van der Waals surface area contributed by atoms with Gasteiger partial charge in [0.05, 0.1) is 35.6 Å². The smallest absolute Gasteiger partial charge is 0.231 e. The van der Waals surface area contributed by atoms with Crippen LogP contribution < -0.4 is 10.1 Å². The third-order valence-corrected chi connectivity index (χ3v) is 5.28. The maximum absolute atomic E-state index is 12.9. The van der Waals surface area contributed by atoms with Gasteiger partial charge in [-0.25, -0.2) is 9.50 Å². The van der Waals surface area contributed by atoms with Gasteiger partial charge in [-0.2, -0.15) is 0 Å². The number of hydrogen-bond donors (Lipinski definition) is 1. The molecule has 0 saturated carbocycles. The van der Waals surface area contributed by atoms with Crippen LogP contribution in [0.2, 0.25) is 5.02 Å². The Bertz CT molecular complexity index is 1190. The maximum Gasteiger partial charge on any atom is 0.231 e. The zero-order chi connectivity index (χ0) is 21.1. The molecule has 0 bridgehead atoms. The number of halogens is 1. The minimum Gasteiger partial charge on any atom is -0.480 e. The third-order valence-electron chi connectivity index (χ3n) is 4.95. The van der Waals surface area contributed by atoms with Gasteiger partial charge in [0.25, 0.3) is 0 Å². The topological polar surface area (TPSA) is 68.5 Å².